The maximum absolute atomic E-state index is 12.2. The zero-order valence-corrected chi connectivity index (χ0v) is 12.4. The number of hydrogen-bond donors (Lipinski definition) is 2. The second-order valence-electron chi connectivity index (χ2n) is 4.70. The fourth-order valence-corrected chi connectivity index (χ4v) is 2.11. The van der Waals surface area contributed by atoms with Gasteiger partial charge in [0.2, 0.25) is 0 Å². The third-order valence-corrected chi connectivity index (χ3v) is 3.38. The zero-order valence-electron chi connectivity index (χ0n) is 11.6. The van der Waals surface area contributed by atoms with Crippen LogP contribution in [-0.2, 0) is 25.5 Å². The van der Waals surface area contributed by atoms with Gasteiger partial charge in [0.25, 0.3) is 17.4 Å². The smallest absolute Gasteiger partial charge is 0.328 e. The van der Waals surface area contributed by atoms with Gasteiger partial charge in [-0.1, -0.05) is 30.7 Å². The highest BCUT2D eigenvalue weighted by atomic mass is 35.5. The molecule has 22 heavy (non-hydrogen) atoms. The first-order valence-electron chi connectivity index (χ1n) is 6.50. The molecule has 1 aromatic carbocycles. The molecule has 4 amide bonds. The van der Waals surface area contributed by atoms with E-state index in [0.717, 1.165) is 0 Å². The molecular formula is C14H13ClN2O5. The van der Waals surface area contributed by atoms with E-state index in [1.54, 1.807) is 24.3 Å². The molecule has 1 aromatic rings. The predicted octanol–water partition coefficient (Wildman–Crippen LogP) is 0.940. The molecule has 0 saturated carbocycles. The molecule has 116 valence electrons. The minimum atomic E-state index is -2.12. The topological polar surface area (TPSA) is 102 Å². The molecule has 7 nitrogen and oxygen atoms in total. The molecule has 0 aliphatic carbocycles. The van der Waals surface area contributed by atoms with Gasteiger partial charge in [-0.25, -0.2) is 4.79 Å². The third kappa shape index (κ3) is 3.09. The van der Waals surface area contributed by atoms with Crippen molar-refractivity contribution in [1.29, 1.82) is 0 Å². The van der Waals surface area contributed by atoms with E-state index in [9.17, 15) is 19.2 Å². The summed E-state index contributed by atoms with van der Waals surface area (Å²) in [4.78, 5) is 47.1. The summed E-state index contributed by atoms with van der Waals surface area (Å²) < 4.78 is 5.09. The molecule has 1 aliphatic heterocycles. The van der Waals surface area contributed by atoms with Crippen LogP contribution in [0.4, 0.5) is 4.79 Å². The monoisotopic (exact) mass is 324 g/mol. The van der Waals surface area contributed by atoms with Crippen LogP contribution in [0, 0.1) is 0 Å². The molecule has 0 radical (unpaired) electrons. The molecule has 0 bridgehead atoms. The van der Waals surface area contributed by atoms with Gasteiger partial charge in [-0.3, -0.25) is 25.0 Å². The van der Waals surface area contributed by atoms with Crippen molar-refractivity contribution in [2.45, 2.75) is 25.4 Å². The maximum atomic E-state index is 12.2. The Morgan fingerprint density at radius 3 is 2.18 bits per heavy atom. The number of hydrogen-bond acceptors (Lipinski definition) is 5. The largest absolute Gasteiger partial charge is 0.438 e. The van der Waals surface area contributed by atoms with Gasteiger partial charge in [0, 0.05) is 17.9 Å². The second kappa shape index (κ2) is 6.15. The van der Waals surface area contributed by atoms with E-state index >= 15 is 0 Å². The second-order valence-corrected chi connectivity index (χ2v) is 5.13. The standard InChI is InChI=1S/C14H13ClN2O5/c1-2-10(18)22-14(7-8-3-5-9(15)6-4-8)11(19)16-13(21)17-12(14)20/h3-6H,2,7H2,1H3,(H2,16,17,19,20,21). The number of ether oxygens (including phenoxy) is 1. The molecule has 1 aliphatic rings. The summed E-state index contributed by atoms with van der Waals surface area (Å²) in [5, 5.41) is 4.38. The van der Waals surface area contributed by atoms with E-state index in [-0.39, 0.29) is 12.8 Å². The van der Waals surface area contributed by atoms with Gasteiger partial charge in [0.1, 0.15) is 0 Å². The van der Waals surface area contributed by atoms with Crippen LogP contribution in [0.25, 0.3) is 0 Å². The Balaban J connectivity index is 2.38. The highest BCUT2D eigenvalue weighted by molar-refractivity contribution is 6.30. The molecule has 0 aromatic heterocycles. The van der Waals surface area contributed by atoms with Gasteiger partial charge in [-0.15, -0.1) is 0 Å². The summed E-state index contributed by atoms with van der Waals surface area (Å²) >= 11 is 5.78. The SMILES string of the molecule is CCC(=O)OC1(Cc2ccc(Cl)cc2)C(=O)NC(=O)NC1=O. The molecule has 1 fully saturated rings. The Morgan fingerprint density at radius 1 is 1.14 bits per heavy atom. The Morgan fingerprint density at radius 2 is 1.68 bits per heavy atom. The van der Waals surface area contributed by atoms with E-state index in [4.69, 9.17) is 16.3 Å². The summed E-state index contributed by atoms with van der Waals surface area (Å²) in [6, 6.07) is 5.41. The first kappa shape index (κ1) is 16.0. The number of barbiturate groups is 1. The molecule has 8 heteroatoms. The van der Waals surface area contributed by atoms with Crippen molar-refractivity contribution in [3.8, 4) is 0 Å². The van der Waals surface area contributed by atoms with E-state index in [1.807, 2.05) is 10.6 Å². The summed E-state index contributed by atoms with van der Waals surface area (Å²) in [5.41, 5.74) is -1.57. The van der Waals surface area contributed by atoms with Crippen LogP contribution in [0.5, 0.6) is 0 Å². The molecule has 1 saturated heterocycles. The fourth-order valence-electron chi connectivity index (χ4n) is 1.99. The van der Waals surface area contributed by atoms with Crippen molar-refractivity contribution in [2.75, 3.05) is 0 Å². The minimum absolute atomic E-state index is 0.0170. The predicted molar refractivity (Wildman–Crippen MR) is 76.0 cm³/mol. The quantitative estimate of drug-likeness (QED) is 0.634. The molecule has 0 atom stereocenters. The van der Waals surface area contributed by atoms with Crippen molar-refractivity contribution < 1.29 is 23.9 Å². The number of benzene rings is 1. The van der Waals surface area contributed by atoms with Gasteiger partial charge < -0.3 is 4.74 Å². The number of urea groups is 1. The summed E-state index contributed by atoms with van der Waals surface area (Å²) in [7, 11) is 0. The number of imide groups is 2. The lowest BCUT2D eigenvalue weighted by Gasteiger charge is -2.33. The van der Waals surface area contributed by atoms with Crippen LogP contribution >= 0.6 is 11.6 Å². The average molecular weight is 325 g/mol. The van der Waals surface area contributed by atoms with Crippen LogP contribution in [-0.4, -0.2) is 29.4 Å². The van der Waals surface area contributed by atoms with Gasteiger partial charge in [-0.2, -0.15) is 0 Å². The van der Waals surface area contributed by atoms with E-state index in [1.165, 1.54) is 6.92 Å². The highest BCUT2D eigenvalue weighted by Crippen LogP contribution is 2.23. The summed E-state index contributed by atoms with van der Waals surface area (Å²) in [6.07, 6.45) is -0.224. The van der Waals surface area contributed by atoms with Crippen LogP contribution < -0.4 is 10.6 Å². The van der Waals surface area contributed by atoms with Gasteiger partial charge in [-0.05, 0) is 17.7 Å². The molecule has 2 rings (SSSR count). The van der Waals surface area contributed by atoms with Crippen molar-refractivity contribution in [2.24, 2.45) is 0 Å². The molecular weight excluding hydrogens is 312 g/mol. The zero-order chi connectivity index (χ0) is 16.3. The maximum Gasteiger partial charge on any atom is 0.328 e. The van der Waals surface area contributed by atoms with Gasteiger partial charge in [0.15, 0.2) is 0 Å². The minimum Gasteiger partial charge on any atom is -0.438 e. The van der Waals surface area contributed by atoms with Crippen molar-refractivity contribution in [3.05, 3.63) is 34.9 Å². The Bertz CT molecular complexity index is 621. The molecule has 1 heterocycles. The van der Waals surface area contributed by atoms with E-state index < -0.39 is 29.4 Å². The highest BCUT2D eigenvalue weighted by Gasteiger charge is 2.53. The van der Waals surface area contributed by atoms with Crippen LogP contribution in [0.3, 0.4) is 0 Å². The number of carbonyl (C=O) groups excluding carboxylic acids is 4. The number of carbonyl (C=O) groups is 4. The van der Waals surface area contributed by atoms with E-state index in [0.29, 0.717) is 10.6 Å². The third-order valence-electron chi connectivity index (χ3n) is 3.13. The molecule has 0 unspecified atom stereocenters. The van der Waals surface area contributed by atoms with Gasteiger partial charge >= 0.3 is 12.0 Å². The van der Waals surface area contributed by atoms with Crippen molar-refractivity contribution in [3.63, 3.8) is 0 Å². The van der Waals surface area contributed by atoms with Gasteiger partial charge in [0.05, 0.1) is 0 Å². The number of rotatable bonds is 4. The first-order chi connectivity index (χ1) is 10.4. The lowest BCUT2D eigenvalue weighted by molar-refractivity contribution is -0.175. The molecule has 0 spiro atoms. The fraction of sp³-hybridized carbons (Fsp3) is 0.286. The first-order valence-corrected chi connectivity index (χ1v) is 6.88. The Labute approximate surface area is 131 Å². The summed E-state index contributed by atoms with van der Waals surface area (Å²) in [5.74, 6) is -2.68. The number of amides is 4. The number of nitrogens with one attached hydrogen (secondary N) is 2. The number of esters is 1. The normalized spacial score (nSPS) is 16.7. The molecule has 2 N–H and O–H groups in total. The van der Waals surface area contributed by atoms with Crippen LogP contribution in [0.1, 0.15) is 18.9 Å². The van der Waals surface area contributed by atoms with Crippen LogP contribution in [0.2, 0.25) is 5.02 Å². The lowest BCUT2D eigenvalue weighted by Crippen LogP contribution is -2.69. The Hall–Kier alpha value is -2.41. The van der Waals surface area contributed by atoms with Crippen molar-refractivity contribution in [1.82, 2.24) is 10.6 Å². The average Bonchev–Trinajstić information content (AvgIpc) is 2.46. The van der Waals surface area contributed by atoms with E-state index in [2.05, 4.69) is 0 Å². The number of halogens is 1. The van der Waals surface area contributed by atoms with Crippen LogP contribution in [0.15, 0.2) is 24.3 Å². The lowest BCUT2D eigenvalue weighted by atomic mass is 9.91. The summed E-state index contributed by atoms with van der Waals surface area (Å²) in [6.45, 7) is 1.53. The van der Waals surface area contributed by atoms with Crippen molar-refractivity contribution >= 4 is 35.4 Å². The Kier molecular flexibility index (Phi) is 4.46.